The maximum atomic E-state index is 14.6. The number of hydrogen-bond donors (Lipinski definition) is 1. The van der Waals surface area contributed by atoms with E-state index in [1.54, 1.807) is 0 Å². The first-order valence-electron chi connectivity index (χ1n) is 15.8. The molecule has 1 atom stereocenters. The molecule has 0 spiro atoms. The van der Waals surface area contributed by atoms with E-state index in [1.165, 1.54) is 48.4 Å². The number of benzene rings is 4. The highest BCUT2D eigenvalue weighted by Crippen LogP contribution is 2.27. The standard InChI is InChI=1S/C37H40FN3O5S/c1-27-9-8-12-29(23-27)25-40(35(24-28-10-4-3-5-11-28)37(43)39-31-13-6-7-14-31)36(42)26-41(32-17-15-30(38)16-18-32)47(44,45)34-21-19-33(46-2)20-22-34/h3-5,8-12,15-23,31,35H,6-7,13-14,24-26H2,1-2H3,(H,39,43)/t35-/m1/s1. The molecule has 1 aliphatic rings. The highest BCUT2D eigenvalue weighted by molar-refractivity contribution is 7.92. The van der Waals surface area contributed by atoms with Crippen LogP contribution in [0.2, 0.25) is 0 Å². The van der Waals surface area contributed by atoms with Crippen molar-refractivity contribution in [3.05, 3.63) is 126 Å². The molecule has 10 heteroatoms. The number of rotatable bonds is 13. The molecular formula is C37H40FN3O5S. The Kier molecular flexibility index (Phi) is 10.9. The van der Waals surface area contributed by atoms with Crippen LogP contribution >= 0.6 is 0 Å². The molecule has 0 saturated heterocycles. The van der Waals surface area contributed by atoms with E-state index < -0.39 is 34.3 Å². The summed E-state index contributed by atoms with van der Waals surface area (Å²) in [5, 5.41) is 3.17. The Morgan fingerprint density at radius 1 is 0.894 bits per heavy atom. The van der Waals surface area contributed by atoms with Gasteiger partial charge >= 0.3 is 0 Å². The normalized spacial score (nSPS) is 13.9. The van der Waals surface area contributed by atoms with Gasteiger partial charge in [-0.25, -0.2) is 12.8 Å². The summed E-state index contributed by atoms with van der Waals surface area (Å²) in [4.78, 5) is 30.1. The zero-order chi connectivity index (χ0) is 33.4. The minimum atomic E-state index is -4.32. The Bertz CT molecular complexity index is 1760. The number of aryl methyl sites for hydroxylation is 1. The van der Waals surface area contributed by atoms with E-state index in [0.29, 0.717) is 5.75 Å². The van der Waals surface area contributed by atoms with Gasteiger partial charge < -0.3 is 15.0 Å². The Morgan fingerprint density at radius 2 is 1.55 bits per heavy atom. The molecule has 4 aromatic rings. The molecule has 0 radical (unpaired) electrons. The number of ether oxygens (including phenoxy) is 1. The number of carbonyl (C=O) groups is 2. The molecule has 8 nitrogen and oxygen atoms in total. The molecule has 4 aromatic carbocycles. The molecule has 1 N–H and O–H groups in total. The van der Waals surface area contributed by atoms with Crippen LogP contribution in [0.15, 0.2) is 108 Å². The Labute approximate surface area is 276 Å². The SMILES string of the molecule is COc1ccc(S(=O)(=O)N(CC(=O)N(Cc2cccc(C)c2)[C@H](Cc2ccccc2)C(=O)NC2CCCC2)c2ccc(F)cc2)cc1. The van der Waals surface area contributed by atoms with Crippen LogP contribution in [0.25, 0.3) is 0 Å². The molecule has 0 heterocycles. The lowest BCUT2D eigenvalue weighted by atomic mass is 10.0. The van der Waals surface area contributed by atoms with Gasteiger partial charge in [-0.15, -0.1) is 0 Å². The van der Waals surface area contributed by atoms with Gasteiger partial charge in [0.25, 0.3) is 10.0 Å². The van der Waals surface area contributed by atoms with Gasteiger partial charge in [0.15, 0.2) is 0 Å². The number of methoxy groups -OCH3 is 1. The Hall–Kier alpha value is -4.70. The van der Waals surface area contributed by atoms with E-state index in [2.05, 4.69) is 5.32 Å². The van der Waals surface area contributed by atoms with Gasteiger partial charge in [-0.3, -0.25) is 13.9 Å². The Morgan fingerprint density at radius 3 is 2.19 bits per heavy atom. The summed E-state index contributed by atoms with van der Waals surface area (Å²) in [5.41, 5.74) is 2.76. The topological polar surface area (TPSA) is 96.0 Å². The molecule has 1 fully saturated rings. The number of sulfonamides is 1. The second-order valence-electron chi connectivity index (χ2n) is 11.9. The largest absolute Gasteiger partial charge is 0.497 e. The molecule has 246 valence electrons. The van der Waals surface area contributed by atoms with Crippen LogP contribution in [0.5, 0.6) is 5.75 Å². The highest BCUT2D eigenvalue weighted by atomic mass is 32.2. The van der Waals surface area contributed by atoms with Gasteiger partial charge in [-0.1, -0.05) is 73.0 Å². The highest BCUT2D eigenvalue weighted by Gasteiger charge is 2.35. The van der Waals surface area contributed by atoms with Gasteiger partial charge in [0.05, 0.1) is 17.7 Å². The number of anilines is 1. The summed E-state index contributed by atoms with van der Waals surface area (Å²) >= 11 is 0. The predicted octanol–water partition coefficient (Wildman–Crippen LogP) is 6.04. The minimum absolute atomic E-state index is 0.0165. The zero-order valence-electron chi connectivity index (χ0n) is 26.6. The summed E-state index contributed by atoms with van der Waals surface area (Å²) < 4.78 is 48.4. The monoisotopic (exact) mass is 657 g/mol. The average Bonchev–Trinajstić information content (AvgIpc) is 3.59. The van der Waals surface area contributed by atoms with Gasteiger partial charge in [0.1, 0.15) is 24.2 Å². The van der Waals surface area contributed by atoms with Crippen molar-refractivity contribution < 1.29 is 27.1 Å². The Balaban J connectivity index is 1.56. The number of nitrogens with one attached hydrogen (secondary N) is 1. The van der Waals surface area contributed by atoms with E-state index in [1.807, 2.05) is 61.5 Å². The molecule has 1 aliphatic carbocycles. The molecule has 2 amide bonds. The molecule has 1 saturated carbocycles. The van der Waals surface area contributed by atoms with Crippen LogP contribution < -0.4 is 14.4 Å². The lowest BCUT2D eigenvalue weighted by Crippen LogP contribution is -2.54. The van der Waals surface area contributed by atoms with Crippen LogP contribution in [0.4, 0.5) is 10.1 Å². The number of amides is 2. The third kappa shape index (κ3) is 8.56. The molecular weight excluding hydrogens is 617 g/mol. The van der Waals surface area contributed by atoms with E-state index in [9.17, 15) is 22.4 Å². The second kappa shape index (κ2) is 15.3. The smallest absolute Gasteiger partial charge is 0.264 e. The van der Waals surface area contributed by atoms with Crippen molar-refractivity contribution in [2.75, 3.05) is 18.0 Å². The van der Waals surface area contributed by atoms with Crippen LogP contribution in [0.3, 0.4) is 0 Å². The fourth-order valence-corrected chi connectivity index (χ4v) is 7.35. The van der Waals surface area contributed by atoms with Crippen LogP contribution in [0.1, 0.15) is 42.4 Å². The molecule has 0 unspecified atom stereocenters. The van der Waals surface area contributed by atoms with Crippen molar-refractivity contribution in [2.45, 2.75) is 62.6 Å². The summed E-state index contributed by atoms with van der Waals surface area (Å²) in [7, 11) is -2.84. The van der Waals surface area contributed by atoms with Gasteiger partial charge in [0.2, 0.25) is 11.8 Å². The lowest BCUT2D eigenvalue weighted by Gasteiger charge is -2.34. The van der Waals surface area contributed by atoms with Crippen LogP contribution in [-0.4, -0.2) is 50.9 Å². The molecule has 0 bridgehead atoms. The van der Waals surface area contributed by atoms with Crippen molar-refractivity contribution in [1.29, 1.82) is 0 Å². The quantitative estimate of drug-likeness (QED) is 0.189. The molecule has 5 rings (SSSR count). The molecule has 47 heavy (non-hydrogen) atoms. The first kappa shape index (κ1) is 33.7. The fourth-order valence-electron chi connectivity index (χ4n) is 5.94. The minimum Gasteiger partial charge on any atom is -0.497 e. The fraction of sp³-hybridized carbons (Fsp3) is 0.297. The molecule has 0 aromatic heterocycles. The van der Waals surface area contributed by atoms with Crippen molar-refractivity contribution in [2.24, 2.45) is 0 Å². The van der Waals surface area contributed by atoms with E-state index in [0.717, 1.165) is 58.8 Å². The van der Waals surface area contributed by atoms with Crippen molar-refractivity contribution >= 4 is 27.5 Å². The van der Waals surface area contributed by atoms with Crippen LogP contribution in [0, 0.1) is 12.7 Å². The third-order valence-electron chi connectivity index (χ3n) is 8.45. The second-order valence-corrected chi connectivity index (χ2v) is 13.7. The van der Waals surface area contributed by atoms with E-state index >= 15 is 0 Å². The number of nitrogens with zero attached hydrogens (tertiary/aromatic N) is 2. The lowest BCUT2D eigenvalue weighted by molar-refractivity contribution is -0.140. The van der Waals surface area contributed by atoms with Crippen molar-refractivity contribution in [3.8, 4) is 5.75 Å². The number of hydrogen-bond acceptors (Lipinski definition) is 5. The van der Waals surface area contributed by atoms with Gasteiger partial charge in [-0.05, 0) is 79.4 Å². The number of carbonyl (C=O) groups excluding carboxylic acids is 2. The zero-order valence-corrected chi connectivity index (χ0v) is 27.5. The third-order valence-corrected chi connectivity index (χ3v) is 10.2. The summed E-state index contributed by atoms with van der Waals surface area (Å²) in [6, 6.07) is 27.0. The average molecular weight is 658 g/mol. The van der Waals surface area contributed by atoms with Crippen molar-refractivity contribution in [3.63, 3.8) is 0 Å². The summed E-state index contributed by atoms with van der Waals surface area (Å²) in [5.74, 6) is -0.937. The van der Waals surface area contributed by atoms with Crippen molar-refractivity contribution in [1.82, 2.24) is 10.2 Å². The predicted molar refractivity (Wildman–Crippen MR) is 180 cm³/mol. The first-order valence-corrected chi connectivity index (χ1v) is 17.2. The van der Waals surface area contributed by atoms with Gasteiger partial charge in [-0.2, -0.15) is 0 Å². The maximum Gasteiger partial charge on any atom is 0.264 e. The summed E-state index contributed by atoms with van der Waals surface area (Å²) in [6.45, 7) is 1.41. The molecule has 0 aliphatic heterocycles. The first-order chi connectivity index (χ1) is 22.6. The van der Waals surface area contributed by atoms with Crippen LogP contribution in [-0.2, 0) is 32.6 Å². The maximum absolute atomic E-state index is 14.6. The summed E-state index contributed by atoms with van der Waals surface area (Å²) in [6.07, 6.45) is 4.02. The van der Waals surface area contributed by atoms with E-state index in [-0.39, 0.29) is 35.5 Å². The van der Waals surface area contributed by atoms with E-state index in [4.69, 9.17) is 4.74 Å². The van der Waals surface area contributed by atoms with Gasteiger partial charge in [0, 0.05) is 19.0 Å². The number of halogens is 1.